The fourth-order valence-electron chi connectivity index (χ4n) is 2.40. The second-order valence-electron chi connectivity index (χ2n) is 5.37. The minimum Gasteiger partial charge on any atom is -0.350 e. The molecular weight excluding hydrogens is 325 g/mol. The SMILES string of the molecule is CC1NCCCC1NC(=O)CNC(=O)c1ccc(Cl)c(Cl)c1. The summed E-state index contributed by atoms with van der Waals surface area (Å²) in [4.78, 5) is 23.9. The summed E-state index contributed by atoms with van der Waals surface area (Å²) in [5.74, 6) is -0.558. The van der Waals surface area contributed by atoms with Crippen molar-refractivity contribution in [2.45, 2.75) is 31.8 Å². The Morgan fingerprint density at radius 1 is 1.32 bits per heavy atom. The maximum atomic E-state index is 12.0. The first-order valence-electron chi connectivity index (χ1n) is 7.23. The minimum absolute atomic E-state index is 0.0672. The van der Waals surface area contributed by atoms with E-state index >= 15 is 0 Å². The molecule has 0 radical (unpaired) electrons. The highest BCUT2D eigenvalue weighted by Crippen LogP contribution is 2.22. The van der Waals surface area contributed by atoms with Crippen molar-refractivity contribution in [1.29, 1.82) is 0 Å². The summed E-state index contributed by atoms with van der Waals surface area (Å²) in [7, 11) is 0. The van der Waals surface area contributed by atoms with Crippen LogP contribution in [0.3, 0.4) is 0 Å². The zero-order valence-corrected chi connectivity index (χ0v) is 13.8. The molecular formula is C15H19Cl2N3O2. The van der Waals surface area contributed by atoms with Crippen molar-refractivity contribution in [2.75, 3.05) is 13.1 Å². The van der Waals surface area contributed by atoms with Gasteiger partial charge in [0.15, 0.2) is 0 Å². The summed E-state index contributed by atoms with van der Waals surface area (Å²) in [5, 5.41) is 9.51. The average molecular weight is 344 g/mol. The van der Waals surface area contributed by atoms with Gasteiger partial charge in [-0.05, 0) is 44.5 Å². The standard InChI is InChI=1S/C15H19Cl2N3O2/c1-9-13(3-2-6-18-9)20-14(21)8-19-15(22)10-4-5-11(16)12(17)7-10/h4-5,7,9,13,18H,2-3,6,8H2,1H3,(H,19,22)(H,20,21). The molecule has 120 valence electrons. The molecule has 0 spiro atoms. The Morgan fingerprint density at radius 3 is 2.77 bits per heavy atom. The monoisotopic (exact) mass is 343 g/mol. The van der Waals surface area contributed by atoms with E-state index in [9.17, 15) is 9.59 Å². The van der Waals surface area contributed by atoms with Crippen LogP contribution < -0.4 is 16.0 Å². The Hall–Kier alpha value is -1.30. The normalized spacial score (nSPS) is 21.2. The number of amides is 2. The van der Waals surface area contributed by atoms with Gasteiger partial charge in [0, 0.05) is 17.6 Å². The summed E-state index contributed by atoms with van der Waals surface area (Å²) in [6.07, 6.45) is 1.98. The van der Waals surface area contributed by atoms with Gasteiger partial charge >= 0.3 is 0 Å². The number of halogens is 2. The minimum atomic E-state index is -0.358. The molecule has 1 aliphatic rings. The predicted molar refractivity (Wildman–Crippen MR) is 87.4 cm³/mol. The summed E-state index contributed by atoms with van der Waals surface area (Å²) in [6, 6.07) is 4.93. The molecule has 3 N–H and O–H groups in total. The lowest BCUT2D eigenvalue weighted by Gasteiger charge is -2.30. The van der Waals surface area contributed by atoms with Crippen molar-refractivity contribution in [2.24, 2.45) is 0 Å². The van der Waals surface area contributed by atoms with E-state index in [0.29, 0.717) is 15.6 Å². The van der Waals surface area contributed by atoms with Crippen molar-refractivity contribution in [3.8, 4) is 0 Å². The van der Waals surface area contributed by atoms with E-state index in [1.54, 1.807) is 12.1 Å². The van der Waals surface area contributed by atoms with Gasteiger partial charge in [0.1, 0.15) is 0 Å². The fraction of sp³-hybridized carbons (Fsp3) is 0.467. The maximum absolute atomic E-state index is 12.0. The third-order valence-electron chi connectivity index (χ3n) is 3.70. The van der Waals surface area contributed by atoms with Crippen LogP contribution in [0.4, 0.5) is 0 Å². The van der Waals surface area contributed by atoms with E-state index in [1.165, 1.54) is 6.07 Å². The number of carbonyl (C=O) groups is 2. The first-order chi connectivity index (χ1) is 10.5. The topological polar surface area (TPSA) is 70.2 Å². The highest BCUT2D eigenvalue weighted by molar-refractivity contribution is 6.42. The van der Waals surface area contributed by atoms with Crippen LogP contribution in [0.1, 0.15) is 30.1 Å². The van der Waals surface area contributed by atoms with E-state index in [0.717, 1.165) is 19.4 Å². The summed E-state index contributed by atoms with van der Waals surface area (Å²) >= 11 is 11.7. The summed E-state index contributed by atoms with van der Waals surface area (Å²) in [6.45, 7) is 2.95. The molecule has 2 atom stereocenters. The van der Waals surface area contributed by atoms with Crippen LogP contribution in [0.15, 0.2) is 18.2 Å². The molecule has 0 aliphatic carbocycles. The Morgan fingerprint density at radius 2 is 2.09 bits per heavy atom. The molecule has 2 unspecified atom stereocenters. The van der Waals surface area contributed by atoms with Crippen LogP contribution >= 0.6 is 23.2 Å². The van der Waals surface area contributed by atoms with Crippen molar-refractivity contribution in [3.63, 3.8) is 0 Å². The molecule has 1 fully saturated rings. The highest BCUT2D eigenvalue weighted by Gasteiger charge is 2.22. The third kappa shape index (κ3) is 4.60. The molecule has 2 amide bonds. The molecule has 0 saturated carbocycles. The van der Waals surface area contributed by atoms with Crippen molar-refractivity contribution in [3.05, 3.63) is 33.8 Å². The number of benzene rings is 1. The largest absolute Gasteiger partial charge is 0.350 e. The van der Waals surface area contributed by atoms with Crippen LogP contribution in [0.5, 0.6) is 0 Å². The second kappa shape index (κ2) is 7.81. The molecule has 1 saturated heterocycles. The van der Waals surface area contributed by atoms with Crippen molar-refractivity contribution >= 4 is 35.0 Å². The maximum Gasteiger partial charge on any atom is 0.251 e. The van der Waals surface area contributed by atoms with Gasteiger partial charge in [-0.1, -0.05) is 23.2 Å². The predicted octanol–water partition coefficient (Wildman–Crippen LogP) is 1.98. The smallest absolute Gasteiger partial charge is 0.251 e. The third-order valence-corrected chi connectivity index (χ3v) is 4.44. The van der Waals surface area contributed by atoms with E-state index in [2.05, 4.69) is 16.0 Å². The van der Waals surface area contributed by atoms with Gasteiger partial charge in [0.2, 0.25) is 5.91 Å². The molecule has 0 bridgehead atoms. The molecule has 0 aromatic heterocycles. The number of carbonyl (C=O) groups excluding carboxylic acids is 2. The van der Waals surface area contributed by atoms with Crippen molar-refractivity contribution < 1.29 is 9.59 Å². The second-order valence-corrected chi connectivity index (χ2v) is 6.19. The zero-order chi connectivity index (χ0) is 16.1. The quantitative estimate of drug-likeness (QED) is 0.782. The Kier molecular flexibility index (Phi) is 6.06. The average Bonchev–Trinajstić information content (AvgIpc) is 2.50. The molecule has 7 heteroatoms. The molecule has 1 aromatic carbocycles. The molecule has 1 aromatic rings. The number of rotatable bonds is 4. The van der Waals surface area contributed by atoms with Crippen molar-refractivity contribution in [1.82, 2.24) is 16.0 Å². The Balaban J connectivity index is 1.82. The zero-order valence-electron chi connectivity index (χ0n) is 12.3. The highest BCUT2D eigenvalue weighted by atomic mass is 35.5. The molecule has 22 heavy (non-hydrogen) atoms. The van der Waals surface area contributed by atoms with E-state index in [4.69, 9.17) is 23.2 Å². The van der Waals surface area contributed by atoms with Gasteiger partial charge in [0.25, 0.3) is 5.91 Å². The van der Waals surface area contributed by atoms with Gasteiger partial charge in [-0.3, -0.25) is 9.59 Å². The first kappa shape index (κ1) is 17.1. The van der Waals surface area contributed by atoms with Crippen LogP contribution in [-0.2, 0) is 4.79 Å². The Bertz CT molecular complexity index is 566. The number of hydrogen-bond acceptors (Lipinski definition) is 3. The lowest BCUT2D eigenvalue weighted by molar-refractivity contribution is -0.121. The molecule has 1 aliphatic heterocycles. The summed E-state index contributed by atoms with van der Waals surface area (Å²) < 4.78 is 0. The van der Waals surface area contributed by atoms with Gasteiger partial charge in [-0.15, -0.1) is 0 Å². The van der Waals surface area contributed by atoms with Gasteiger partial charge in [0.05, 0.1) is 16.6 Å². The van der Waals surface area contributed by atoms with E-state index < -0.39 is 0 Å². The number of piperidine rings is 1. The van der Waals surface area contributed by atoms with Gasteiger partial charge < -0.3 is 16.0 Å². The lowest BCUT2D eigenvalue weighted by atomic mass is 10.00. The molecule has 5 nitrogen and oxygen atoms in total. The molecule has 1 heterocycles. The Labute approximate surface area is 139 Å². The first-order valence-corrected chi connectivity index (χ1v) is 7.99. The van der Waals surface area contributed by atoms with Gasteiger partial charge in [-0.2, -0.15) is 0 Å². The number of hydrogen-bond donors (Lipinski definition) is 3. The summed E-state index contributed by atoms with van der Waals surface area (Å²) in [5.41, 5.74) is 0.370. The van der Waals surface area contributed by atoms with Crippen LogP contribution in [-0.4, -0.2) is 37.0 Å². The van der Waals surface area contributed by atoms with Crippen LogP contribution in [0, 0.1) is 0 Å². The van der Waals surface area contributed by atoms with E-state index in [1.807, 2.05) is 6.92 Å². The molecule has 2 rings (SSSR count). The van der Waals surface area contributed by atoms with Crippen LogP contribution in [0.25, 0.3) is 0 Å². The van der Waals surface area contributed by atoms with Crippen LogP contribution in [0.2, 0.25) is 10.0 Å². The lowest BCUT2D eigenvalue weighted by Crippen LogP contribution is -2.53. The fourth-order valence-corrected chi connectivity index (χ4v) is 2.70. The van der Waals surface area contributed by atoms with E-state index in [-0.39, 0.29) is 30.4 Å². The van der Waals surface area contributed by atoms with Gasteiger partial charge in [-0.25, -0.2) is 0 Å². The number of nitrogens with one attached hydrogen (secondary N) is 3.